The van der Waals surface area contributed by atoms with Gasteiger partial charge in [-0.2, -0.15) is 0 Å². The van der Waals surface area contributed by atoms with E-state index >= 15 is 0 Å². The van der Waals surface area contributed by atoms with Crippen molar-refractivity contribution in [2.45, 2.75) is 13.8 Å². The van der Waals surface area contributed by atoms with Crippen LogP contribution >= 0.6 is 0 Å². The first-order chi connectivity index (χ1) is 12.1. The van der Waals surface area contributed by atoms with Gasteiger partial charge in [0.05, 0.1) is 13.2 Å². The molecule has 2 aromatic carbocycles. The van der Waals surface area contributed by atoms with Gasteiger partial charge < -0.3 is 9.64 Å². The van der Waals surface area contributed by atoms with Gasteiger partial charge in [-0.15, -0.1) is 0 Å². The summed E-state index contributed by atoms with van der Waals surface area (Å²) in [6, 6.07) is 9.63. The first kappa shape index (κ1) is 16.1. The Bertz CT molecular complexity index is 831. The topological polar surface area (TPSA) is 49.9 Å². The summed E-state index contributed by atoms with van der Waals surface area (Å²) in [4.78, 5) is 29.5. The van der Waals surface area contributed by atoms with Crippen LogP contribution in [0.2, 0.25) is 0 Å². The van der Waals surface area contributed by atoms with Crippen LogP contribution in [0.3, 0.4) is 0 Å². The number of anilines is 1. The lowest BCUT2D eigenvalue weighted by Gasteiger charge is -2.32. The lowest BCUT2D eigenvalue weighted by molar-refractivity contribution is 0.0592. The average molecular weight is 338 g/mol. The normalized spacial score (nSPS) is 17.7. The third-order valence-corrected chi connectivity index (χ3v) is 4.87. The average Bonchev–Trinajstić information content (AvgIpc) is 2.63. The van der Waals surface area contributed by atoms with Crippen molar-refractivity contribution < 1.29 is 14.3 Å². The number of benzene rings is 2. The number of rotatable bonds is 3. The first-order valence-corrected chi connectivity index (χ1v) is 8.82. The Balaban J connectivity index is 1.87. The molecule has 2 heterocycles. The molecule has 0 bridgehead atoms. The second-order valence-corrected chi connectivity index (χ2v) is 7.07. The Labute approximate surface area is 147 Å². The quantitative estimate of drug-likeness (QED) is 0.808. The molecule has 0 unspecified atom stereocenters. The van der Waals surface area contributed by atoms with Crippen molar-refractivity contribution in [3.8, 4) is 0 Å². The second-order valence-electron chi connectivity index (χ2n) is 7.07. The molecule has 5 nitrogen and oxygen atoms in total. The molecule has 25 heavy (non-hydrogen) atoms. The third-order valence-electron chi connectivity index (χ3n) is 4.87. The second kappa shape index (κ2) is 6.15. The Morgan fingerprint density at radius 3 is 2.36 bits per heavy atom. The fourth-order valence-corrected chi connectivity index (χ4v) is 3.74. The molecule has 2 aliphatic heterocycles. The van der Waals surface area contributed by atoms with E-state index in [9.17, 15) is 9.59 Å². The van der Waals surface area contributed by atoms with Crippen LogP contribution in [0.25, 0.3) is 10.8 Å². The number of imide groups is 1. The third kappa shape index (κ3) is 2.59. The molecule has 0 atom stereocenters. The number of hydrogen-bond acceptors (Lipinski definition) is 4. The van der Waals surface area contributed by atoms with Crippen molar-refractivity contribution in [2.75, 3.05) is 37.7 Å². The van der Waals surface area contributed by atoms with E-state index in [-0.39, 0.29) is 17.7 Å². The van der Waals surface area contributed by atoms with Crippen LogP contribution in [0.1, 0.15) is 34.6 Å². The number of nitrogens with zero attached hydrogens (tertiary/aromatic N) is 2. The lowest BCUT2D eigenvalue weighted by Crippen LogP contribution is -2.42. The van der Waals surface area contributed by atoms with E-state index < -0.39 is 0 Å². The van der Waals surface area contributed by atoms with Crippen LogP contribution in [0.4, 0.5) is 5.69 Å². The molecule has 0 aromatic heterocycles. The van der Waals surface area contributed by atoms with Gasteiger partial charge in [0, 0.05) is 47.2 Å². The zero-order valence-corrected chi connectivity index (χ0v) is 14.6. The minimum atomic E-state index is -0.184. The van der Waals surface area contributed by atoms with E-state index in [1.54, 1.807) is 0 Å². The molecule has 4 rings (SSSR count). The predicted molar refractivity (Wildman–Crippen MR) is 97.2 cm³/mol. The molecular weight excluding hydrogens is 316 g/mol. The van der Waals surface area contributed by atoms with Crippen LogP contribution in [0.15, 0.2) is 30.3 Å². The van der Waals surface area contributed by atoms with Gasteiger partial charge in [-0.05, 0) is 24.1 Å². The van der Waals surface area contributed by atoms with Crippen molar-refractivity contribution in [2.24, 2.45) is 5.92 Å². The van der Waals surface area contributed by atoms with Gasteiger partial charge in [0.1, 0.15) is 0 Å². The minimum Gasteiger partial charge on any atom is -0.378 e. The Hall–Kier alpha value is -2.40. The van der Waals surface area contributed by atoms with Gasteiger partial charge >= 0.3 is 0 Å². The molecule has 130 valence electrons. The van der Waals surface area contributed by atoms with E-state index in [0.29, 0.717) is 30.9 Å². The Morgan fingerprint density at radius 2 is 1.68 bits per heavy atom. The minimum absolute atomic E-state index is 0.184. The SMILES string of the molecule is CC(C)CN1C(=O)c2cccc3c(N4CCOCC4)ccc(c23)C1=O. The summed E-state index contributed by atoms with van der Waals surface area (Å²) in [6.45, 7) is 7.50. The van der Waals surface area contributed by atoms with Crippen LogP contribution in [-0.2, 0) is 4.74 Å². The molecule has 2 aromatic rings. The van der Waals surface area contributed by atoms with Gasteiger partial charge in [-0.1, -0.05) is 26.0 Å². The van der Waals surface area contributed by atoms with Gasteiger partial charge in [0.25, 0.3) is 11.8 Å². The molecule has 2 amide bonds. The van der Waals surface area contributed by atoms with E-state index in [1.807, 2.05) is 44.2 Å². The van der Waals surface area contributed by atoms with Gasteiger partial charge in [0.15, 0.2) is 0 Å². The monoisotopic (exact) mass is 338 g/mol. The smallest absolute Gasteiger partial charge is 0.261 e. The van der Waals surface area contributed by atoms with Crippen molar-refractivity contribution in [1.29, 1.82) is 0 Å². The number of ether oxygens (including phenoxy) is 1. The summed E-state index contributed by atoms with van der Waals surface area (Å²) in [5.41, 5.74) is 2.33. The first-order valence-electron chi connectivity index (χ1n) is 8.82. The summed E-state index contributed by atoms with van der Waals surface area (Å²) < 4.78 is 5.44. The summed E-state index contributed by atoms with van der Waals surface area (Å²) >= 11 is 0. The molecule has 2 aliphatic rings. The standard InChI is InChI=1S/C20H22N2O3/c1-13(2)12-22-19(23)15-5-3-4-14-17(21-8-10-25-11-9-21)7-6-16(18(14)15)20(22)24/h3-7,13H,8-12H2,1-2H3. The van der Waals surface area contributed by atoms with Gasteiger partial charge in [0.2, 0.25) is 0 Å². The molecule has 0 N–H and O–H groups in total. The maximum absolute atomic E-state index is 12.9. The number of carbonyl (C=O) groups excluding carboxylic acids is 2. The molecule has 5 heteroatoms. The number of amides is 2. The maximum atomic E-state index is 12.9. The van der Waals surface area contributed by atoms with E-state index in [0.717, 1.165) is 29.5 Å². The van der Waals surface area contributed by atoms with Gasteiger partial charge in [-0.25, -0.2) is 0 Å². The number of carbonyl (C=O) groups is 2. The number of morpholine rings is 1. The molecule has 0 radical (unpaired) electrons. The van der Waals surface area contributed by atoms with Crippen molar-refractivity contribution in [1.82, 2.24) is 4.90 Å². The molecule has 0 spiro atoms. The predicted octanol–water partition coefficient (Wildman–Crippen LogP) is 2.93. The largest absolute Gasteiger partial charge is 0.378 e. The maximum Gasteiger partial charge on any atom is 0.261 e. The fraction of sp³-hybridized carbons (Fsp3) is 0.400. The lowest BCUT2D eigenvalue weighted by atomic mass is 9.92. The summed E-state index contributed by atoms with van der Waals surface area (Å²) in [6.07, 6.45) is 0. The fourth-order valence-electron chi connectivity index (χ4n) is 3.74. The Morgan fingerprint density at radius 1 is 1.00 bits per heavy atom. The highest BCUT2D eigenvalue weighted by atomic mass is 16.5. The summed E-state index contributed by atoms with van der Waals surface area (Å²) in [7, 11) is 0. The van der Waals surface area contributed by atoms with Crippen molar-refractivity contribution >= 4 is 28.3 Å². The molecule has 1 saturated heterocycles. The van der Waals surface area contributed by atoms with E-state index in [2.05, 4.69) is 4.90 Å². The molecule has 1 fully saturated rings. The van der Waals surface area contributed by atoms with E-state index in [4.69, 9.17) is 4.74 Å². The zero-order valence-electron chi connectivity index (χ0n) is 14.6. The summed E-state index contributed by atoms with van der Waals surface area (Å²) in [5.74, 6) is -0.131. The van der Waals surface area contributed by atoms with Crippen LogP contribution < -0.4 is 4.90 Å². The highest BCUT2D eigenvalue weighted by molar-refractivity contribution is 6.26. The zero-order chi connectivity index (χ0) is 17.6. The van der Waals surface area contributed by atoms with Gasteiger partial charge in [-0.3, -0.25) is 14.5 Å². The van der Waals surface area contributed by atoms with E-state index in [1.165, 1.54) is 4.90 Å². The molecule has 0 aliphatic carbocycles. The molecular formula is C20H22N2O3. The molecule has 0 saturated carbocycles. The highest BCUT2D eigenvalue weighted by Crippen LogP contribution is 2.36. The highest BCUT2D eigenvalue weighted by Gasteiger charge is 2.33. The van der Waals surface area contributed by atoms with Crippen LogP contribution in [-0.4, -0.2) is 49.6 Å². The summed E-state index contributed by atoms with van der Waals surface area (Å²) in [5, 5.41) is 1.77. The Kier molecular flexibility index (Phi) is 3.96. The van der Waals surface area contributed by atoms with Crippen molar-refractivity contribution in [3.63, 3.8) is 0 Å². The van der Waals surface area contributed by atoms with Crippen molar-refractivity contribution in [3.05, 3.63) is 41.5 Å². The van der Waals surface area contributed by atoms with Crippen LogP contribution in [0, 0.1) is 5.92 Å². The number of hydrogen-bond donors (Lipinski definition) is 0. The van der Waals surface area contributed by atoms with Crippen LogP contribution in [0.5, 0.6) is 0 Å².